The Morgan fingerprint density at radius 3 is 2.69 bits per heavy atom. The number of aromatic nitrogens is 7. The maximum absolute atomic E-state index is 13.7. The van der Waals surface area contributed by atoms with Crippen LogP contribution in [-0.2, 0) is 6.54 Å². The summed E-state index contributed by atoms with van der Waals surface area (Å²) in [5.41, 5.74) is 11.0. The molecule has 11 heteroatoms. The summed E-state index contributed by atoms with van der Waals surface area (Å²) in [5, 5.41) is 12.7. The first-order valence-electron chi connectivity index (χ1n) is 10.8. The summed E-state index contributed by atoms with van der Waals surface area (Å²) in [6.45, 7) is 3.83. The van der Waals surface area contributed by atoms with Crippen LogP contribution in [0.25, 0.3) is 38.9 Å². The molecule has 0 aliphatic carbocycles. The molecule has 6 rings (SSSR count). The van der Waals surface area contributed by atoms with Crippen LogP contribution in [-0.4, -0.2) is 34.3 Å². The predicted molar refractivity (Wildman–Crippen MR) is 127 cm³/mol. The van der Waals surface area contributed by atoms with E-state index >= 15 is 0 Å². The lowest BCUT2D eigenvalue weighted by Crippen LogP contribution is -2.24. The molecule has 2 aromatic carbocycles. The van der Waals surface area contributed by atoms with E-state index in [1.807, 2.05) is 19.1 Å². The minimum Gasteiger partial charge on any atom is -0.448 e. The van der Waals surface area contributed by atoms with Crippen LogP contribution in [0.4, 0.5) is 10.3 Å². The van der Waals surface area contributed by atoms with E-state index in [0.717, 1.165) is 22.0 Å². The topological polar surface area (TPSA) is 133 Å². The van der Waals surface area contributed by atoms with Crippen LogP contribution in [0.15, 0.2) is 58.2 Å². The van der Waals surface area contributed by atoms with Crippen molar-refractivity contribution in [1.29, 1.82) is 0 Å². The molecule has 0 aliphatic heterocycles. The molecule has 0 saturated heterocycles. The van der Waals surface area contributed by atoms with Gasteiger partial charge in [-0.2, -0.15) is 5.10 Å². The number of rotatable bonds is 4. The Balaban J connectivity index is 1.68. The second-order valence-electron chi connectivity index (χ2n) is 8.28. The fourth-order valence-corrected chi connectivity index (χ4v) is 4.29. The van der Waals surface area contributed by atoms with E-state index in [0.29, 0.717) is 33.9 Å². The van der Waals surface area contributed by atoms with Gasteiger partial charge >= 0.3 is 5.69 Å². The quantitative estimate of drug-likeness (QED) is 0.403. The summed E-state index contributed by atoms with van der Waals surface area (Å²) in [7, 11) is 0. The van der Waals surface area contributed by atoms with Gasteiger partial charge < -0.3 is 10.2 Å². The summed E-state index contributed by atoms with van der Waals surface area (Å²) in [4.78, 5) is 22.1. The fourth-order valence-electron chi connectivity index (χ4n) is 4.29. The molecule has 0 aliphatic rings. The van der Waals surface area contributed by atoms with Crippen LogP contribution in [0.1, 0.15) is 17.0 Å². The Morgan fingerprint density at radius 1 is 1.14 bits per heavy atom. The third kappa shape index (κ3) is 3.28. The van der Waals surface area contributed by atoms with Crippen LogP contribution in [0.2, 0.25) is 0 Å². The van der Waals surface area contributed by atoms with Gasteiger partial charge in [0, 0.05) is 10.9 Å². The highest BCUT2D eigenvalue weighted by Crippen LogP contribution is 2.36. The van der Waals surface area contributed by atoms with E-state index in [4.69, 9.17) is 10.2 Å². The minimum atomic E-state index is -0.458. The molecule has 6 aromatic rings. The number of hydrogen-bond donors (Lipinski definition) is 2. The average molecular weight is 470 g/mol. The number of oxazole rings is 1. The minimum absolute atomic E-state index is 0.0303. The summed E-state index contributed by atoms with van der Waals surface area (Å²) in [5.74, 6) is 0.189. The van der Waals surface area contributed by atoms with Crippen molar-refractivity contribution in [2.75, 3.05) is 5.73 Å². The number of fused-ring (bicyclic) bond motifs is 2. The third-order valence-corrected chi connectivity index (χ3v) is 6.05. The lowest BCUT2D eigenvalue weighted by atomic mass is 9.97. The summed E-state index contributed by atoms with van der Waals surface area (Å²) in [6, 6.07) is 9.85. The van der Waals surface area contributed by atoms with Gasteiger partial charge in [0.2, 0.25) is 5.95 Å². The zero-order valence-electron chi connectivity index (χ0n) is 18.8. The van der Waals surface area contributed by atoms with Crippen molar-refractivity contribution in [3.63, 3.8) is 0 Å². The lowest BCUT2D eigenvalue weighted by molar-refractivity contribution is 0.521. The van der Waals surface area contributed by atoms with Crippen LogP contribution in [0.3, 0.4) is 0 Å². The van der Waals surface area contributed by atoms with Crippen LogP contribution in [0, 0.1) is 19.7 Å². The zero-order chi connectivity index (χ0) is 24.3. The molecule has 0 amide bonds. The number of hydrogen-bond acceptors (Lipinski definition) is 7. The number of anilines is 1. The van der Waals surface area contributed by atoms with Crippen molar-refractivity contribution in [1.82, 2.24) is 34.3 Å². The first kappa shape index (κ1) is 20.8. The third-order valence-electron chi connectivity index (χ3n) is 6.05. The molecule has 0 saturated carbocycles. The molecule has 0 spiro atoms. The summed E-state index contributed by atoms with van der Waals surface area (Å²) < 4.78 is 21.5. The molecule has 174 valence electrons. The van der Waals surface area contributed by atoms with E-state index in [1.54, 1.807) is 25.3 Å². The lowest BCUT2D eigenvalue weighted by Gasteiger charge is -2.13. The Kier molecular flexibility index (Phi) is 4.53. The molecule has 0 fully saturated rings. The van der Waals surface area contributed by atoms with Gasteiger partial charge in [0.25, 0.3) is 0 Å². The van der Waals surface area contributed by atoms with Gasteiger partial charge in [0.05, 0.1) is 29.5 Å². The highest BCUT2D eigenvalue weighted by Gasteiger charge is 2.23. The number of benzene rings is 2. The molecule has 4 aromatic heterocycles. The van der Waals surface area contributed by atoms with Gasteiger partial charge in [-0.15, -0.1) is 5.10 Å². The molecule has 4 heterocycles. The van der Waals surface area contributed by atoms with Gasteiger partial charge in [0.15, 0.2) is 12.0 Å². The van der Waals surface area contributed by atoms with Crippen molar-refractivity contribution in [2.24, 2.45) is 0 Å². The Bertz CT molecular complexity index is 1790. The highest BCUT2D eigenvalue weighted by molar-refractivity contribution is 5.95. The monoisotopic (exact) mass is 470 g/mol. The zero-order valence-corrected chi connectivity index (χ0v) is 18.8. The standard InChI is InChI=1S/C24H19FN8O2/c1-12-7-15(8-16-9-28-30-20(12)16)19-21(14-3-5-17(25)6-4-14)29-23(26)33-22(19)31-32(24(33)34)10-18-13(2)35-11-27-18/h3-9,11H,10H2,1-2H3,(H2,26,29)(H,28,30). The maximum Gasteiger partial charge on any atom is 0.353 e. The van der Waals surface area contributed by atoms with E-state index in [2.05, 4.69) is 25.3 Å². The molecule has 0 bridgehead atoms. The summed E-state index contributed by atoms with van der Waals surface area (Å²) in [6.07, 6.45) is 3.05. The van der Waals surface area contributed by atoms with Crippen molar-refractivity contribution in [3.05, 3.63) is 82.3 Å². The smallest absolute Gasteiger partial charge is 0.353 e. The van der Waals surface area contributed by atoms with Crippen LogP contribution in [0.5, 0.6) is 0 Å². The molecular formula is C24H19FN8O2. The van der Waals surface area contributed by atoms with Crippen molar-refractivity contribution in [2.45, 2.75) is 20.4 Å². The Morgan fingerprint density at radius 2 is 1.94 bits per heavy atom. The Labute approximate surface area is 196 Å². The molecule has 35 heavy (non-hydrogen) atoms. The predicted octanol–water partition coefficient (Wildman–Crippen LogP) is 3.48. The Hall–Kier alpha value is -4.80. The van der Waals surface area contributed by atoms with Crippen LogP contribution < -0.4 is 11.4 Å². The van der Waals surface area contributed by atoms with Crippen molar-refractivity contribution < 1.29 is 8.81 Å². The molecular weight excluding hydrogens is 451 g/mol. The number of nitrogens with one attached hydrogen (secondary N) is 1. The SMILES string of the molecule is Cc1ocnc1Cn1nc2c(-c3cc(C)c4[nH]ncc4c3)c(-c3ccc(F)cc3)nc(N)n2c1=O. The van der Waals surface area contributed by atoms with Gasteiger partial charge in [0.1, 0.15) is 17.3 Å². The number of nitrogen functional groups attached to an aromatic ring is 1. The molecule has 0 radical (unpaired) electrons. The second kappa shape index (κ2) is 7.62. The van der Waals surface area contributed by atoms with Gasteiger partial charge in [-0.1, -0.05) is 0 Å². The number of halogens is 1. The molecule has 0 unspecified atom stereocenters. The van der Waals surface area contributed by atoms with E-state index in [9.17, 15) is 9.18 Å². The van der Waals surface area contributed by atoms with Gasteiger partial charge in [-0.3, -0.25) is 5.10 Å². The number of nitrogens with zero attached hydrogens (tertiary/aromatic N) is 6. The second-order valence-corrected chi connectivity index (χ2v) is 8.28. The first-order valence-corrected chi connectivity index (χ1v) is 10.8. The number of aryl methyl sites for hydroxylation is 2. The highest BCUT2D eigenvalue weighted by atomic mass is 19.1. The van der Waals surface area contributed by atoms with Crippen LogP contribution >= 0.6 is 0 Å². The van der Waals surface area contributed by atoms with E-state index in [-0.39, 0.29) is 18.3 Å². The normalized spacial score (nSPS) is 11.6. The molecule has 3 N–H and O–H groups in total. The number of H-pyrrole nitrogens is 1. The van der Waals surface area contributed by atoms with Gasteiger partial charge in [-0.25, -0.2) is 28.2 Å². The largest absolute Gasteiger partial charge is 0.448 e. The van der Waals surface area contributed by atoms with Gasteiger partial charge in [-0.05, 0) is 61.4 Å². The number of nitrogens with two attached hydrogens (primary N) is 1. The fraction of sp³-hybridized carbons (Fsp3) is 0.125. The van der Waals surface area contributed by atoms with Crippen molar-refractivity contribution >= 4 is 22.5 Å². The van der Waals surface area contributed by atoms with E-state index < -0.39 is 5.69 Å². The average Bonchev–Trinajstić information content (AvgIpc) is 3.55. The maximum atomic E-state index is 13.7. The van der Waals surface area contributed by atoms with E-state index in [1.165, 1.54) is 27.6 Å². The first-order chi connectivity index (χ1) is 16.9. The molecule has 0 atom stereocenters. The number of aromatic amines is 1. The van der Waals surface area contributed by atoms with Crippen molar-refractivity contribution in [3.8, 4) is 22.4 Å². The molecule has 10 nitrogen and oxygen atoms in total. The summed E-state index contributed by atoms with van der Waals surface area (Å²) >= 11 is 0.